The number of rotatable bonds is 3. The van der Waals surface area contributed by atoms with Crippen LogP contribution in [0.2, 0.25) is 5.15 Å². The Morgan fingerprint density at radius 3 is 2.77 bits per heavy atom. The number of fused-ring (bicyclic) bond motifs is 2. The van der Waals surface area contributed by atoms with E-state index in [0.717, 1.165) is 21.8 Å². The van der Waals surface area contributed by atoms with Crippen molar-refractivity contribution in [2.45, 2.75) is 0 Å². The molecule has 0 atom stereocenters. The number of ketones is 1. The van der Waals surface area contributed by atoms with Gasteiger partial charge < -0.3 is 4.98 Å². The van der Waals surface area contributed by atoms with Gasteiger partial charge in [-0.2, -0.15) is 5.26 Å². The van der Waals surface area contributed by atoms with Gasteiger partial charge in [-0.1, -0.05) is 48.0 Å². The Morgan fingerprint density at radius 2 is 1.92 bits per heavy atom. The minimum atomic E-state index is -0.353. The van der Waals surface area contributed by atoms with Crippen molar-refractivity contribution in [3.63, 3.8) is 0 Å². The number of para-hydroxylation sites is 2. The maximum atomic E-state index is 12.9. The summed E-state index contributed by atoms with van der Waals surface area (Å²) in [6.45, 7) is 0. The molecule has 0 fully saturated rings. The van der Waals surface area contributed by atoms with E-state index in [2.05, 4.69) is 9.97 Å². The van der Waals surface area contributed by atoms with Crippen molar-refractivity contribution in [2.24, 2.45) is 0 Å². The van der Waals surface area contributed by atoms with E-state index in [4.69, 9.17) is 11.6 Å². The molecule has 0 unspecified atom stereocenters. The van der Waals surface area contributed by atoms with Crippen LogP contribution >= 0.6 is 11.6 Å². The quantitative estimate of drug-likeness (QED) is 0.238. The lowest BCUT2D eigenvalue weighted by Crippen LogP contribution is -2.01. The van der Waals surface area contributed by atoms with Crippen molar-refractivity contribution < 1.29 is 4.79 Å². The predicted molar refractivity (Wildman–Crippen MR) is 103 cm³/mol. The van der Waals surface area contributed by atoms with E-state index >= 15 is 0 Å². The number of hydrogen-bond acceptors (Lipinski definition) is 3. The number of aromatic nitrogens is 2. The third-order valence-corrected chi connectivity index (χ3v) is 4.51. The SMILES string of the molecule is N#C/C(=C\c1cc2ccccc2nc1Cl)C(=O)c1c[nH]c2ccccc12. The lowest BCUT2D eigenvalue weighted by Gasteiger charge is -2.03. The van der Waals surface area contributed by atoms with E-state index in [9.17, 15) is 10.1 Å². The second-order valence-corrected chi connectivity index (χ2v) is 6.17. The van der Waals surface area contributed by atoms with Crippen LogP contribution in [0.25, 0.3) is 27.9 Å². The highest BCUT2D eigenvalue weighted by Gasteiger charge is 2.17. The molecule has 4 nitrogen and oxygen atoms in total. The van der Waals surface area contributed by atoms with E-state index in [1.165, 1.54) is 6.08 Å². The lowest BCUT2D eigenvalue weighted by atomic mass is 10.0. The summed E-state index contributed by atoms with van der Waals surface area (Å²) in [6.07, 6.45) is 3.12. The number of pyridine rings is 1. The first-order valence-corrected chi connectivity index (χ1v) is 8.33. The van der Waals surface area contributed by atoms with Crippen LogP contribution in [-0.4, -0.2) is 15.8 Å². The number of Topliss-reactive ketones (excluding diaryl/α,β-unsaturated/α-hetero) is 1. The molecule has 26 heavy (non-hydrogen) atoms. The molecule has 0 aliphatic carbocycles. The van der Waals surface area contributed by atoms with Crippen molar-refractivity contribution >= 4 is 45.3 Å². The van der Waals surface area contributed by atoms with E-state index in [0.29, 0.717) is 11.1 Å². The fourth-order valence-electron chi connectivity index (χ4n) is 2.92. The van der Waals surface area contributed by atoms with Crippen molar-refractivity contribution in [3.8, 4) is 6.07 Å². The average Bonchev–Trinajstić information content (AvgIpc) is 3.10. The number of hydrogen-bond donors (Lipinski definition) is 1. The third kappa shape index (κ3) is 2.75. The number of nitrogens with zero attached hydrogens (tertiary/aromatic N) is 2. The molecule has 0 amide bonds. The maximum absolute atomic E-state index is 12.9. The minimum absolute atomic E-state index is 0.00809. The van der Waals surface area contributed by atoms with Crippen LogP contribution < -0.4 is 0 Å². The summed E-state index contributed by atoms with van der Waals surface area (Å²) in [5.41, 5.74) is 2.61. The van der Waals surface area contributed by atoms with Gasteiger partial charge in [0.05, 0.1) is 5.52 Å². The Morgan fingerprint density at radius 1 is 1.15 bits per heavy atom. The van der Waals surface area contributed by atoms with Gasteiger partial charge in [-0.3, -0.25) is 4.79 Å². The van der Waals surface area contributed by atoms with Gasteiger partial charge in [0.25, 0.3) is 0 Å². The number of nitrogens with one attached hydrogen (secondary N) is 1. The average molecular weight is 358 g/mol. The van der Waals surface area contributed by atoms with Crippen LogP contribution in [-0.2, 0) is 0 Å². The second kappa shape index (κ2) is 6.47. The number of nitriles is 1. The van der Waals surface area contributed by atoms with Crippen LogP contribution in [0.5, 0.6) is 0 Å². The molecular weight excluding hydrogens is 346 g/mol. The van der Waals surface area contributed by atoms with Crippen LogP contribution in [0.1, 0.15) is 15.9 Å². The van der Waals surface area contributed by atoms with Crippen LogP contribution in [0, 0.1) is 11.3 Å². The molecule has 2 aromatic carbocycles. The lowest BCUT2D eigenvalue weighted by molar-refractivity contribution is 0.104. The molecule has 4 aromatic rings. The van der Waals surface area contributed by atoms with Crippen molar-refractivity contribution in [2.75, 3.05) is 0 Å². The highest BCUT2D eigenvalue weighted by Crippen LogP contribution is 2.25. The van der Waals surface area contributed by atoms with Gasteiger partial charge in [0.1, 0.15) is 16.8 Å². The first-order chi connectivity index (χ1) is 12.7. The summed E-state index contributed by atoms with van der Waals surface area (Å²) in [6, 6.07) is 18.8. The first kappa shape index (κ1) is 16.1. The van der Waals surface area contributed by atoms with Gasteiger partial charge in [-0.05, 0) is 24.3 Å². The maximum Gasteiger partial charge on any atom is 0.205 e. The van der Waals surface area contributed by atoms with Crippen LogP contribution in [0.15, 0.2) is 66.4 Å². The number of H-pyrrole nitrogens is 1. The molecule has 0 saturated heterocycles. The number of halogens is 1. The number of allylic oxidation sites excluding steroid dienone is 1. The highest BCUT2D eigenvalue weighted by atomic mass is 35.5. The van der Waals surface area contributed by atoms with Gasteiger partial charge in [0, 0.05) is 33.6 Å². The molecule has 2 heterocycles. The zero-order chi connectivity index (χ0) is 18.1. The van der Waals surface area contributed by atoms with E-state index in [1.807, 2.05) is 60.7 Å². The zero-order valence-corrected chi connectivity index (χ0v) is 14.3. The predicted octanol–water partition coefficient (Wildman–Crippen LogP) is 5.16. The van der Waals surface area contributed by atoms with Crippen molar-refractivity contribution in [3.05, 3.63) is 82.6 Å². The molecule has 4 rings (SSSR count). The van der Waals surface area contributed by atoms with Gasteiger partial charge in [0.2, 0.25) is 5.78 Å². The highest BCUT2D eigenvalue weighted by molar-refractivity contribution is 6.31. The van der Waals surface area contributed by atoms with Gasteiger partial charge in [-0.25, -0.2) is 4.98 Å². The summed E-state index contributed by atoms with van der Waals surface area (Å²) in [5.74, 6) is -0.353. The summed E-state index contributed by atoms with van der Waals surface area (Å²) in [5, 5.41) is 11.4. The first-order valence-electron chi connectivity index (χ1n) is 7.95. The minimum Gasteiger partial charge on any atom is -0.360 e. The van der Waals surface area contributed by atoms with Crippen LogP contribution in [0.3, 0.4) is 0 Å². The molecule has 0 aliphatic heterocycles. The molecule has 0 radical (unpaired) electrons. The Labute approximate surface area is 154 Å². The van der Waals surface area contributed by atoms with Gasteiger partial charge in [-0.15, -0.1) is 0 Å². The molecule has 5 heteroatoms. The van der Waals surface area contributed by atoms with E-state index in [-0.39, 0.29) is 16.5 Å². The Hall–Kier alpha value is -3.42. The molecule has 2 aromatic heterocycles. The van der Waals surface area contributed by atoms with E-state index < -0.39 is 0 Å². The van der Waals surface area contributed by atoms with Crippen molar-refractivity contribution in [1.82, 2.24) is 9.97 Å². The van der Waals surface area contributed by atoms with E-state index in [1.54, 1.807) is 6.20 Å². The molecule has 0 bridgehead atoms. The molecule has 124 valence electrons. The van der Waals surface area contributed by atoms with Crippen LogP contribution in [0.4, 0.5) is 0 Å². The Kier molecular flexibility index (Phi) is 4.00. The Bertz CT molecular complexity index is 1230. The van der Waals surface area contributed by atoms with Gasteiger partial charge in [0.15, 0.2) is 0 Å². The fraction of sp³-hybridized carbons (Fsp3) is 0. The van der Waals surface area contributed by atoms with Crippen molar-refractivity contribution in [1.29, 1.82) is 5.26 Å². The van der Waals surface area contributed by atoms with Gasteiger partial charge >= 0.3 is 0 Å². The summed E-state index contributed by atoms with van der Waals surface area (Å²) >= 11 is 6.25. The molecular formula is C21H12ClN3O. The number of benzene rings is 2. The fourth-order valence-corrected chi connectivity index (χ4v) is 3.12. The molecule has 0 aliphatic rings. The summed E-state index contributed by atoms with van der Waals surface area (Å²) in [4.78, 5) is 20.2. The second-order valence-electron chi connectivity index (χ2n) is 5.81. The topological polar surface area (TPSA) is 69.5 Å². The standard InChI is InChI=1S/C21H12ClN3O/c22-21-14(9-13-5-1-3-7-18(13)25-21)10-15(11-23)20(26)17-12-24-19-8-4-2-6-16(17)19/h1-10,12,24H/b15-10+. The number of carbonyl (C=O) groups is 1. The largest absolute Gasteiger partial charge is 0.360 e. The molecule has 0 spiro atoms. The third-order valence-electron chi connectivity index (χ3n) is 4.20. The Balaban J connectivity index is 1.81. The normalized spacial score (nSPS) is 11.6. The zero-order valence-electron chi connectivity index (χ0n) is 13.5. The number of carbonyl (C=O) groups excluding carboxylic acids is 1. The number of aromatic amines is 1. The summed E-state index contributed by atoms with van der Waals surface area (Å²) in [7, 11) is 0. The smallest absolute Gasteiger partial charge is 0.205 e. The monoisotopic (exact) mass is 357 g/mol. The summed E-state index contributed by atoms with van der Waals surface area (Å²) < 4.78 is 0. The molecule has 1 N–H and O–H groups in total. The molecule has 0 saturated carbocycles.